The fraction of sp³-hybridized carbons (Fsp3) is 0.583. The third kappa shape index (κ3) is 1.39. The van der Waals surface area contributed by atoms with E-state index in [2.05, 4.69) is 18.8 Å². The zero-order valence-electron chi connectivity index (χ0n) is 8.84. The van der Waals surface area contributed by atoms with Crippen LogP contribution < -0.4 is 0 Å². The predicted molar refractivity (Wildman–Crippen MR) is 56.2 cm³/mol. The van der Waals surface area contributed by atoms with Crippen molar-refractivity contribution in [3.8, 4) is 0 Å². The van der Waals surface area contributed by atoms with Gasteiger partial charge in [0.2, 0.25) is 0 Å². The van der Waals surface area contributed by atoms with Crippen molar-refractivity contribution in [3.63, 3.8) is 0 Å². The van der Waals surface area contributed by atoms with Gasteiger partial charge >= 0.3 is 0 Å². The van der Waals surface area contributed by atoms with E-state index in [1.54, 1.807) is 6.20 Å². The lowest BCUT2D eigenvalue weighted by Gasteiger charge is -2.39. The first kappa shape index (κ1) is 9.50. The molecule has 0 aromatic carbocycles. The van der Waals surface area contributed by atoms with Crippen LogP contribution in [0, 0.1) is 11.3 Å². The van der Waals surface area contributed by atoms with Crippen LogP contribution in [0.15, 0.2) is 18.5 Å². The molecule has 0 amide bonds. The number of nitrogens with one attached hydrogen (secondary N) is 1. The highest BCUT2D eigenvalue weighted by molar-refractivity contribution is 6.00. The minimum atomic E-state index is -0.180. The molecular formula is C12H17NO. The molecule has 0 bridgehead atoms. The van der Waals surface area contributed by atoms with Gasteiger partial charge in [0, 0.05) is 23.4 Å². The summed E-state index contributed by atoms with van der Waals surface area (Å²) in [6.45, 7) is 4.15. The second kappa shape index (κ2) is 3.26. The lowest BCUT2D eigenvalue weighted by Crippen LogP contribution is -2.36. The molecule has 14 heavy (non-hydrogen) atoms. The molecule has 0 atom stereocenters. The Bertz CT molecular complexity index is 320. The Kier molecular flexibility index (Phi) is 2.22. The summed E-state index contributed by atoms with van der Waals surface area (Å²) in [5, 5.41) is 0. The Morgan fingerprint density at radius 1 is 1.50 bits per heavy atom. The summed E-state index contributed by atoms with van der Waals surface area (Å²) >= 11 is 0. The van der Waals surface area contributed by atoms with E-state index in [0.29, 0.717) is 5.92 Å². The summed E-state index contributed by atoms with van der Waals surface area (Å²) in [6.07, 6.45) is 7.31. The van der Waals surface area contributed by atoms with Crippen molar-refractivity contribution in [2.75, 3.05) is 0 Å². The molecule has 2 nitrogen and oxygen atoms in total. The average Bonchev–Trinajstić information content (AvgIpc) is 2.49. The summed E-state index contributed by atoms with van der Waals surface area (Å²) in [5.41, 5.74) is 0.641. The third-order valence-corrected chi connectivity index (χ3v) is 3.57. The number of Topliss-reactive ketones (excluding diaryl/α,β-unsaturated/α-hetero) is 1. The number of hydrogen-bond donors (Lipinski definition) is 1. The highest BCUT2D eigenvalue weighted by atomic mass is 16.1. The van der Waals surface area contributed by atoms with Crippen molar-refractivity contribution in [3.05, 3.63) is 24.0 Å². The van der Waals surface area contributed by atoms with Gasteiger partial charge in [0.15, 0.2) is 5.78 Å². The molecule has 76 valence electrons. The van der Waals surface area contributed by atoms with Crippen LogP contribution in [0.1, 0.15) is 43.5 Å². The van der Waals surface area contributed by atoms with E-state index in [1.807, 2.05) is 12.3 Å². The first-order valence-electron chi connectivity index (χ1n) is 5.30. The van der Waals surface area contributed by atoms with Gasteiger partial charge in [0.05, 0.1) is 0 Å². The van der Waals surface area contributed by atoms with Crippen LogP contribution in [0.3, 0.4) is 0 Å². The van der Waals surface area contributed by atoms with E-state index in [4.69, 9.17) is 0 Å². The Morgan fingerprint density at radius 2 is 2.21 bits per heavy atom. The van der Waals surface area contributed by atoms with Gasteiger partial charge in [-0.1, -0.05) is 20.3 Å². The summed E-state index contributed by atoms with van der Waals surface area (Å²) in [5.74, 6) is 0.869. The molecule has 0 unspecified atom stereocenters. The van der Waals surface area contributed by atoms with E-state index in [-0.39, 0.29) is 11.2 Å². The standard InChI is InChI=1S/C12H17NO/c1-12(2,10-4-3-5-10)11(14)9-6-7-13-8-9/h6-8,10,13H,3-5H2,1-2H3. The largest absolute Gasteiger partial charge is 0.367 e. The van der Waals surface area contributed by atoms with Crippen molar-refractivity contribution >= 4 is 5.78 Å². The monoisotopic (exact) mass is 191 g/mol. The first-order chi connectivity index (χ1) is 6.62. The van der Waals surface area contributed by atoms with Crippen LogP contribution in [0.5, 0.6) is 0 Å². The minimum absolute atomic E-state index is 0.180. The molecule has 1 fully saturated rings. The van der Waals surface area contributed by atoms with Crippen LogP contribution in [0.2, 0.25) is 0 Å². The summed E-state index contributed by atoms with van der Waals surface area (Å²) in [4.78, 5) is 15.1. The van der Waals surface area contributed by atoms with E-state index in [1.165, 1.54) is 19.3 Å². The zero-order chi connectivity index (χ0) is 10.2. The van der Waals surface area contributed by atoms with Gasteiger partial charge in [-0.25, -0.2) is 0 Å². The topological polar surface area (TPSA) is 32.9 Å². The predicted octanol–water partition coefficient (Wildman–Crippen LogP) is 3.02. The second-order valence-electron chi connectivity index (χ2n) is 4.78. The zero-order valence-corrected chi connectivity index (χ0v) is 8.84. The average molecular weight is 191 g/mol. The highest BCUT2D eigenvalue weighted by Crippen LogP contribution is 2.43. The summed E-state index contributed by atoms with van der Waals surface area (Å²) in [6, 6.07) is 1.86. The molecule has 1 saturated carbocycles. The van der Waals surface area contributed by atoms with E-state index >= 15 is 0 Å². The van der Waals surface area contributed by atoms with Crippen LogP contribution >= 0.6 is 0 Å². The number of rotatable bonds is 3. The maximum absolute atomic E-state index is 12.1. The number of aromatic nitrogens is 1. The van der Waals surface area contributed by atoms with Crippen LogP contribution in [0.25, 0.3) is 0 Å². The lowest BCUT2D eigenvalue weighted by molar-refractivity contribution is 0.0621. The maximum atomic E-state index is 12.1. The van der Waals surface area contributed by atoms with Gasteiger partial charge in [-0.2, -0.15) is 0 Å². The minimum Gasteiger partial charge on any atom is -0.367 e. The molecule has 2 heteroatoms. The van der Waals surface area contributed by atoms with Gasteiger partial charge in [0.25, 0.3) is 0 Å². The number of carbonyl (C=O) groups is 1. The van der Waals surface area contributed by atoms with Crippen LogP contribution in [0.4, 0.5) is 0 Å². The van der Waals surface area contributed by atoms with Gasteiger partial charge in [-0.3, -0.25) is 4.79 Å². The van der Waals surface area contributed by atoms with Gasteiger partial charge in [-0.05, 0) is 24.8 Å². The molecule has 1 aromatic heterocycles. The molecule has 0 saturated heterocycles. The Hall–Kier alpha value is -1.05. The highest BCUT2D eigenvalue weighted by Gasteiger charge is 2.40. The smallest absolute Gasteiger partial charge is 0.170 e. The lowest BCUT2D eigenvalue weighted by atomic mass is 9.64. The number of aromatic amines is 1. The van der Waals surface area contributed by atoms with Crippen molar-refractivity contribution in [2.45, 2.75) is 33.1 Å². The van der Waals surface area contributed by atoms with Crippen LogP contribution in [-0.2, 0) is 0 Å². The number of hydrogen-bond acceptors (Lipinski definition) is 1. The second-order valence-corrected chi connectivity index (χ2v) is 4.78. The molecule has 0 spiro atoms. The molecule has 1 heterocycles. The van der Waals surface area contributed by atoms with Gasteiger partial charge in [0.1, 0.15) is 0 Å². The van der Waals surface area contributed by atoms with E-state index in [0.717, 1.165) is 5.56 Å². The van der Waals surface area contributed by atoms with E-state index in [9.17, 15) is 4.79 Å². The van der Waals surface area contributed by atoms with Crippen LogP contribution in [-0.4, -0.2) is 10.8 Å². The third-order valence-electron chi connectivity index (χ3n) is 3.57. The number of H-pyrrole nitrogens is 1. The summed E-state index contributed by atoms with van der Waals surface area (Å²) < 4.78 is 0. The van der Waals surface area contributed by atoms with Gasteiger partial charge < -0.3 is 4.98 Å². The molecule has 2 rings (SSSR count). The molecule has 0 aliphatic heterocycles. The first-order valence-corrected chi connectivity index (χ1v) is 5.30. The molecule has 1 aromatic rings. The van der Waals surface area contributed by atoms with Crippen molar-refractivity contribution < 1.29 is 4.79 Å². The molecule has 0 radical (unpaired) electrons. The number of carbonyl (C=O) groups excluding carboxylic acids is 1. The molecule has 1 N–H and O–H groups in total. The fourth-order valence-electron chi connectivity index (χ4n) is 2.15. The van der Waals surface area contributed by atoms with Crippen molar-refractivity contribution in [2.24, 2.45) is 11.3 Å². The fourth-order valence-corrected chi connectivity index (χ4v) is 2.15. The van der Waals surface area contributed by atoms with E-state index < -0.39 is 0 Å². The van der Waals surface area contributed by atoms with Crippen molar-refractivity contribution in [1.29, 1.82) is 0 Å². The van der Waals surface area contributed by atoms with Crippen molar-refractivity contribution in [1.82, 2.24) is 4.98 Å². The quantitative estimate of drug-likeness (QED) is 0.732. The Balaban J connectivity index is 2.17. The maximum Gasteiger partial charge on any atom is 0.170 e. The van der Waals surface area contributed by atoms with Gasteiger partial charge in [-0.15, -0.1) is 0 Å². The number of ketones is 1. The normalized spacial score (nSPS) is 17.9. The Morgan fingerprint density at radius 3 is 2.64 bits per heavy atom. The molecule has 1 aliphatic rings. The molecular weight excluding hydrogens is 174 g/mol. The molecule has 1 aliphatic carbocycles. The SMILES string of the molecule is CC(C)(C(=O)c1cc[nH]c1)C1CCC1. The summed E-state index contributed by atoms with van der Waals surface area (Å²) in [7, 11) is 0. The Labute approximate surface area is 84.7 Å².